The highest BCUT2D eigenvalue weighted by Crippen LogP contribution is 2.59. The number of aromatic hydroxyl groups is 1. The standard InChI is InChI=1S/C37H48N2O4/c1-34-15-5-17-36(3,30(34)13-10-24-8-7-23(20-28(24)34)19-27(41)22-38)32(42)39-33(43)37(4)18-6-16-35(2)29-21-26(40)12-9-25(29)11-14-31(35)37/h7-9,12,20-21,30-31,40H,5-6,10-11,13-19,22,38H2,1-4H3,(H,39,42,43)/t30-,31-,34-,35-,36+,37+/m1/s1. The van der Waals surface area contributed by atoms with Gasteiger partial charge in [-0.25, -0.2) is 0 Å². The summed E-state index contributed by atoms with van der Waals surface area (Å²) in [5, 5.41) is 13.3. The molecule has 0 spiro atoms. The number of imide groups is 1. The van der Waals surface area contributed by atoms with Gasteiger partial charge in [0.05, 0.1) is 17.4 Å². The van der Waals surface area contributed by atoms with Gasteiger partial charge >= 0.3 is 0 Å². The predicted molar refractivity (Wildman–Crippen MR) is 168 cm³/mol. The lowest BCUT2D eigenvalue weighted by Crippen LogP contribution is -2.60. The van der Waals surface area contributed by atoms with Gasteiger partial charge in [0.25, 0.3) is 0 Å². The number of rotatable bonds is 5. The zero-order chi connectivity index (χ0) is 30.8. The number of carbonyl (C=O) groups excluding carboxylic acids is 3. The molecule has 6 nitrogen and oxygen atoms in total. The lowest BCUT2D eigenvalue weighted by molar-refractivity contribution is -0.150. The molecule has 2 aromatic carbocycles. The van der Waals surface area contributed by atoms with Gasteiger partial charge in [-0.3, -0.25) is 19.7 Å². The molecule has 2 amide bonds. The maximum Gasteiger partial charge on any atom is 0.232 e. The van der Waals surface area contributed by atoms with Crippen molar-refractivity contribution in [1.82, 2.24) is 5.32 Å². The second-order valence-corrected chi connectivity index (χ2v) is 15.1. The number of ketones is 1. The van der Waals surface area contributed by atoms with Gasteiger partial charge in [-0.15, -0.1) is 0 Å². The van der Waals surface area contributed by atoms with Gasteiger partial charge in [-0.05, 0) is 114 Å². The highest BCUT2D eigenvalue weighted by atomic mass is 16.3. The van der Waals surface area contributed by atoms with Crippen molar-refractivity contribution < 1.29 is 19.5 Å². The summed E-state index contributed by atoms with van der Waals surface area (Å²) in [4.78, 5) is 40.7. The van der Waals surface area contributed by atoms with Gasteiger partial charge < -0.3 is 10.8 Å². The molecule has 4 N–H and O–H groups in total. The van der Waals surface area contributed by atoms with Crippen molar-refractivity contribution >= 4 is 17.6 Å². The summed E-state index contributed by atoms with van der Waals surface area (Å²) in [6.45, 7) is 8.73. The normalized spacial score (nSPS) is 34.6. The van der Waals surface area contributed by atoms with Gasteiger partial charge in [-0.2, -0.15) is 0 Å². The van der Waals surface area contributed by atoms with Gasteiger partial charge in [0.1, 0.15) is 5.75 Å². The highest BCUT2D eigenvalue weighted by molar-refractivity contribution is 6.01. The molecule has 4 aliphatic carbocycles. The van der Waals surface area contributed by atoms with Crippen LogP contribution in [0.25, 0.3) is 0 Å². The number of hydrogen-bond acceptors (Lipinski definition) is 5. The van der Waals surface area contributed by atoms with Gasteiger partial charge in [0.15, 0.2) is 5.78 Å². The molecular weight excluding hydrogens is 536 g/mol. The lowest BCUT2D eigenvalue weighted by Gasteiger charge is -2.56. The summed E-state index contributed by atoms with van der Waals surface area (Å²) in [7, 11) is 0. The van der Waals surface area contributed by atoms with E-state index in [0.717, 1.165) is 75.3 Å². The van der Waals surface area contributed by atoms with E-state index in [2.05, 4.69) is 45.1 Å². The van der Waals surface area contributed by atoms with Crippen LogP contribution in [0, 0.1) is 22.7 Å². The van der Waals surface area contributed by atoms with Crippen LogP contribution >= 0.6 is 0 Å². The van der Waals surface area contributed by atoms with Crippen LogP contribution in [0.2, 0.25) is 0 Å². The number of fused-ring (bicyclic) bond motifs is 6. The summed E-state index contributed by atoms with van der Waals surface area (Å²) in [5.74, 6) is 0.223. The van der Waals surface area contributed by atoms with E-state index in [9.17, 15) is 19.5 Å². The summed E-state index contributed by atoms with van der Waals surface area (Å²) < 4.78 is 0. The summed E-state index contributed by atoms with van der Waals surface area (Å²) >= 11 is 0. The first kappa shape index (κ1) is 30.1. The Hall–Kier alpha value is -2.99. The molecule has 0 unspecified atom stereocenters. The number of nitrogens with one attached hydrogen (secondary N) is 1. The maximum absolute atomic E-state index is 14.3. The van der Waals surface area contributed by atoms with Crippen molar-refractivity contribution in [3.63, 3.8) is 0 Å². The van der Waals surface area contributed by atoms with E-state index in [1.165, 1.54) is 16.7 Å². The molecule has 0 aliphatic heterocycles. The molecule has 0 radical (unpaired) electrons. The molecule has 0 bridgehead atoms. The third kappa shape index (κ3) is 4.67. The number of benzene rings is 2. The molecule has 6 heteroatoms. The van der Waals surface area contributed by atoms with Crippen molar-refractivity contribution in [2.75, 3.05) is 6.54 Å². The molecule has 2 fully saturated rings. The Morgan fingerprint density at radius 2 is 1.30 bits per heavy atom. The molecule has 0 heterocycles. The SMILES string of the molecule is C[C@]1(C(=O)NC(=O)[C@@]2(C)CCC[C@]3(C)c4cc(CC(=O)CN)ccc4CC[C@@H]23)CCC[C@]2(C)c3cc(O)ccc3CC[C@@H]12. The van der Waals surface area contributed by atoms with Crippen LogP contribution in [0.3, 0.4) is 0 Å². The Balaban J connectivity index is 1.26. The minimum absolute atomic E-state index is 0.0226. The first-order valence-corrected chi connectivity index (χ1v) is 16.4. The average molecular weight is 585 g/mol. The van der Waals surface area contributed by atoms with Crippen molar-refractivity contribution in [2.24, 2.45) is 28.4 Å². The lowest BCUT2D eigenvalue weighted by atomic mass is 9.49. The van der Waals surface area contributed by atoms with Gasteiger partial charge in [0.2, 0.25) is 11.8 Å². The maximum atomic E-state index is 14.3. The largest absolute Gasteiger partial charge is 0.508 e. The summed E-state index contributed by atoms with van der Waals surface area (Å²) in [5.41, 5.74) is 9.83. The predicted octanol–water partition coefficient (Wildman–Crippen LogP) is 5.83. The fourth-order valence-corrected chi connectivity index (χ4v) is 10.3. The first-order valence-electron chi connectivity index (χ1n) is 16.4. The Labute approximate surface area is 256 Å². The quantitative estimate of drug-likeness (QED) is 0.384. The second kappa shape index (κ2) is 10.6. The van der Waals surface area contributed by atoms with Crippen LogP contribution in [0.15, 0.2) is 36.4 Å². The third-order valence-corrected chi connectivity index (χ3v) is 12.7. The number of aryl methyl sites for hydroxylation is 2. The number of hydrogen-bond donors (Lipinski definition) is 3. The van der Waals surface area contributed by atoms with E-state index in [0.29, 0.717) is 6.42 Å². The van der Waals surface area contributed by atoms with E-state index in [-0.39, 0.29) is 52.6 Å². The number of nitrogens with two attached hydrogens (primary N) is 1. The number of phenols is 1. The van der Waals surface area contributed by atoms with E-state index >= 15 is 0 Å². The number of Topliss-reactive ketones (excluding diaryl/α,β-unsaturated/α-hetero) is 1. The van der Waals surface area contributed by atoms with Crippen LogP contribution in [0.1, 0.15) is 107 Å². The molecule has 2 saturated carbocycles. The van der Waals surface area contributed by atoms with E-state index in [1.54, 1.807) is 6.07 Å². The second-order valence-electron chi connectivity index (χ2n) is 15.1. The molecule has 4 aliphatic rings. The number of phenolic OH excluding ortho intramolecular Hbond substituents is 1. The fourth-order valence-electron chi connectivity index (χ4n) is 10.3. The zero-order valence-electron chi connectivity index (χ0n) is 26.4. The van der Waals surface area contributed by atoms with Crippen LogP contribution in [-0.4, -0.2) is 29.2 Å². The molecule has 43 heavy (non-hydrogen) atoms. The molecule has 2 aromatic rings. The molecule has 230 valence electrons. The number of amides is 2. The molecule has 0 aromatic heterocycles. The first-order chi connectivity index (χ1) is 20.3. The van der Waals surface area contributed by atoms with Crippen molar-refractivity contribution in [1.29, 1.82) is 0 Å². The summed E-state index contributed by atoms with van der Waals surface area (Å²) in [6.07, 6.45) is 9.20. The summed E-state index contributed by atoms with van der Waals surface area (Å²) in [6, 6.07) is 12.1. The molecule has 6 atom stereocenters. The average Bonchev–Trinajstić information content (AvgIpc) is 2.97. The molecule has 0 saturated heterocycles. The van der Waals surface area contributed by atoms with Crippen LogP contribution in [0.5, 0.6) is 5.75 Å². The Morgan fingerprint density at radius 1 is 0.791 bits per heavy atom. The topological polar surface area (TPSA) is 109 Å². The zero-order valence-corrected chi connectivity index (χ0v) is 26.4. The van der Waals surface area contributed by atoms with Crippen LogP contribution in [-0.2, 0) is 44.5 Å². The van der Waals surface area contributed by atoms with Crippen LogP contribution < -0.4 is 11.1 Å². The van der Waals surface area contributed by atoms with Crippen molar-refractivity contribution in [3.05, 3.63) is 64.2 Å². The smallest absolute Gasteiger partial charge is 0.232 e. The van der Waals surface area contributed by atoms with Crippen LogP contribution in [0.4, 0.5) is 0 Å². The third-order valence-electron chi connectivity index (χ3n) is 12.7. The molecule has 6 rings (SSSR count). The molecular formula is C37H48N2O4. The Bertz CT molecular complexity index is 1480. The van der Waals surface area contributed by atoms with Gasteiger partial charge in [-0.1, -0.05) is 64.8 Å². The number of carbonyl (C=O) groups is 3. The van der Waals surface area contributed by atoms with E-state index in [4.69, 9.17) is 5.73 Å². The Kier molecular flexibility index (Phi) is 7.39. The Morgan fingerprint density at radius 3 is 1.84 bits per heavy atom. The van der Waals surface area contributed by atoms with Crippen molar-refractivity contribution in [3.8, 4) is 5.75 Å². The van der Waals surface area contributed by atoms with E-state index in [1.807, 2.05) is 18.2 Å². The van der Waals surface area contributed by atoms with Gasteiger partial charge in [0, 0.05) is 6.42 Å². The fraction of sp³-hybridized carbons (Fsp3) is 0.595. The van der Waals surface area contributed by atoms with Crippen molar-refractivity contribution in [2.45, 2.75) is 109 Å². The highest BCUT2D eigenvalue weighted by Gasteiger charge is 2.58. The minimum Gasteiger partial charge on any atom is -0.508 e. The minimum atomic E-state index is -0.664. The monoisotopic (exact) mass is 584 g/mol. The van der Waals surface area contributed by atoms with E-state index < -0.39 is 10.8 Å².